The first kappa shape index (κ1) is 14.2. The molecule has 16 heavy (non-hydrogen) atoms. The average molecular weight is 246 g/mol. The summed E-state index contributed by atoms with van der Waals surface area (Å²) in [6.45, 7) is 8.71. The minimum absolute atomic E-state index is 0.581. The quantitative estimate of drug-likeness (QED) is 0.553. The molecule has 1 saturated carbocycles. The van der Waals surface area contributed by atoms with Crippen LogP contribution >= 0.6 is 0 Å². The molecule has 0 heterocycles. The van der Waals surface area contributed by atoms with Gasteiger partial charge in [-0.3, -0.25) is 0 Å². The van der Waals surface area contributed by atoms with Crippen molar-refractivity contribution in [2.24, 2.45) is 0 Å². The third-order valence-corrected chi connectivity index (χ3v) is 6.00. The van der Waals surface area contributed by atoms with E-state index in [1.54, 1.807) is 0 Å². The summed E-state index contributed by atoms with van der Waals surface area (Å²) in [6, 6.07) is 0. The van der Waals surface area contributed by atoms with Crippen LogP contribution in [-0.2, 0) is 13.3 Å². The van der Waals surface area contributed by atoms with Crippen molar-refractivity contribution in [3.63, 3.8) is 0 Å². The van der Waals surface area contributed by atoms with Gasteiger partial charge in [0.25, 0.3) is 0 Å². The van der Waals surface area contributed by atoms with Crippen molar-refractivity contribution in [1.29, 1.82) is 0 Å². The van der Waals surface area contributed by atoms with Crippen LogP contribution in [0.1, 0.15) is 52.9 Å². The molecule has 1 aliphatic carbocycles. The maximum absolute atomic E-state index is 6.00. The second kappa shape index (κ2) is 7.43. The lowest BCUT2D eigenvalue weighted by atomic mass is 10.5. The van der Waals surface area contributed by atoms with Gasteiger partial charge in [0.15, 0.2) is 0 Å². The van der Waals surface area contributed by atoms with Gasteiger partial charge in [-0.1, -0.05) is 20.8 Å². The Morgan fingerprint density at radius 1 is 0.812 bits per heavy atom. The molecule has 1 rings (SSSR count). The first-order chi connectivity index (χ1) is 7.79. The van der Waals surface area contributed by atoms with Gasteiger partial charge in [0.1, 0.15) is 0 Å². The Bertz CT molecular complexity index is 161. The van der Waals surface area contributed by atoms with Gasteiger partial charge < -0.3 is 13.3 Å². The molecule has 4 heteroatoms. The summed E-state index contributed by atoms with van der Waals surface area (Å²) in [5.74, 6) is 0. The normalized spacial score (nSPS) is 16.7. The summed E-state index contributed by atoms with van der Waals surface area (Å²) in [5, 5.41) is 0. The van der Waals surface area contributed by atoms with E-state index in [2.05, 4.69) is 20.8 Å². The highest BCUT2D eigenvalue weighted by molar-refractivity contribution is 6.63. The van der Waals surface area contributed by atoms with E-state index in [1.165, 1.54) is 12.8 Å². The highest BCUT2D eigenvalue weighted by Gasteiger charge is 2.55. The van der Waals surface area contributed by atoms with E-state index in [-0.39, 0.29) is 0 Å². The topological polar surface area (TPSA) is 27.7 Å². The summed E-state index contributed by atoms with van der Waals surface area (Å²) >= 11 is 0. The Labute approximate surface area is 101 Å². The zero-order valence-electron chi connectivity index (χ0n) is 11.0. The van der Waals surface area contributed by atoms with E-state index in [0.717, 1.165) is 39.1 Å². The van der Waals surface area contributed by atoms with Crippen LogP contribution in [0.4, 0.5) is 0 Å². The van der Waals surface area contributed by atoms with E-state index in [4.69, 9.17) is 13.3 Å². The molecule has 1 fully saturated rings. The number of hydrogen-bond donors (Lipinski definition) is 0. The summed E-state index contributed by atoms with van der Waals surface area (Å²) in [6.07, 6.45) is 5.55. The molecule has 0 atom stereocenters. The molecule has 3 nitrogen and oxygen atoms in total. The van der Waals surface area contributed by atoms with Gasteiger partial charge in [-0.25, -0.2) is 0 Å². The fourth-order valence-electron chi connectivity index (χ4n) is 1.65. The first-order valence-corrected chi connectivity index (χ1v) is 8.51. The van der Waals surface area contributed by atoms with Crippen LogP contribution in [-0.4, -0.2) is 28.6 Å². The standard InChI is InChI=1S/C12H26O3Si/c1-4-9-13-16(12-7-8-12,14-10-5-2)15-11-6-3/h12H,4-11H2,1-3H3. The minimum atomic E-state index is -2.32. The lowest BCUT2D eigenvalue weighted by Gasteiger charge is -2.29. The summed E-state index contributed by atoms with van der Waals surface area (Å²) < 4.78 is 18.0. The molecule has 0 aromatic carbocycles. The van der Waals surface area contributed by atoms with Crippen LogP contribution in [0, 0.1) is 0 Å². The molecule has 96 valence electrons. The Hall–Kier alpha value is 0.0969. The van der Waals surface area contributed by atoms with Crippen LogP contribution in [0.25, 0.3) is 0 Å². The molecule has 0 aromatic rings. The van der Waals surface area contributed by atoms with Crippen molar-refractivity contribution in [2.45, 2.75) is 58.4 Å². The van der Waals surface area contributed by atoms with E-state index in [9.17, 15) is 0 Å². The van der Waals surface area contributed by atoms with E-state index >= 15 is 0 Å². The molecule has 0 radical (unpaired) electrons. The third-order valence-electron chi connectivity index (χ3n) is 2.60. The smallest absolute Gasteiger partial charge is 0.373 e. The predicted octanol–water partition coefficient (Wildman–Crippen LogP) is 3.37. The van der Waals surface area contributed by atoms with E-state index < -0.39 is 8.80 Å². The molecule has 0 amide bonds. The summed E-state index contributed by atoms with van der Waals surface area (Å²) in [7, 11) is -2.32. The van der Waals surface area contributed by atoms with Gasteiger partial charge in [-0.2, -0.15) is 0 Å². The first-order valence-electron chi connectivity index (χ1n) is 6.70. The maximum atomic E-state index is 6.00. The molecule has 0 aliphatic heterocycles. The monoisotopic (exact) mass is 246 g/mol. The van der Waals surface area contributed by atoms with Gasteiger partial charge in [-0.05, 0) is 32.1 Å². The molecule has 0 bridgehead atoms. The van der Waals surface area contributed by atoms with Crippen LogP contribution in [0.5, 0.6) is 0 Å². The highest BCUT2D eigenvalue weighted by Crippen LogP contribution is 2.46. The zero-order valence-corrected chi connectivity index (χ0v) is 12.0. The second-order valence-corrected chi connectivity index (χ2v) is 7.31. The number of rotatable bonds is 10. The van der Waals surface area contributed by atoms with Crippen molar-refractivity contribution in [2.75, 3.05) is 19.8 Å². The minimum Gasteiger partial charge on any atom is -0.373 e. The van der Waals surface area contributed by atoms with Crippen molar-refractivity contribution in [3.8, 4) is 0 Å². The fourth-order valence-corrected chi connectivity index (χ4v) is 4.95. The van der Waals surface area contributed by atoms with Crippen LogP contribution in [0.2, 0.25) is 5.54 Å². The van der Waals surface area contributed by atoms with Crippen LogP contribution < -0.4 is 0 Å². The van der Waals surface area contributed by atoms with Crippen molar-refractivity contribution < 1.29 is 13.3 Å². The molecule has 0 unspecified atom stereocenters. The SMILES string of the molecule is CCCO[Si](OCCC)(OCCC)C1CC1. The average Bonchev–Trinajstić information content (AvgIpc) is 3.13. The molecular formula is C12H26O3Si. The molecule has 0 saturated heterocycles. The molecular weight excluding hydrogens is 220 g/mol. The Balaban J connectivity index is 2.52. The van der Waals surface area contributed by atoms with Crippen molar-refractivity contribution in [3.05, 3.63) is 0 Å². The Kier molecular flexibility index (Phi) is 6.57. The zero-order chi connectivity index (χ0) is 11.9. The van der Waals surface area contributed by atoms with E-state index in [0.29, 0.717) is 5.54 Å². The van der Waals surface area contributed by atoms with Crippen LogP contribution in [0.15, 0.2) is 0 Å². The Morgan fingerprint density at radius 3 is 1.44 bits per heavy atom. The van der Waals surface area contributed by atoms with Gasteiger partial charge in [0.05, 0.1) is 0 Å². The summed E-state index contributed by atoms with van der Waals surface area (Å²) in [5.41, 5.74) is 0.581. The van der Waals surface area contributed by atoms with Gasteiger partial charge >= 0.3 is 8.80 Å². The Morgan fingerprint density at radius 2 is 1.19 bits per heavy atom. The van der Waals surface area contributed by atoms with Crippen molar-refractivity contribution in [1.82, 2.24) is 0 Å². The van der Waals surface area contributed by atoms with Crippen molar-refractivity contribution >= 4 is 8.80 Å². The summed E-state index contributed by atoms with van der Waals surface area (Å²) in [4.78, 5) is 0. The van der Waals surface area contributed by atoms with Gasteiger partial charge in [0.2, 0.25) is 0 Å². The largest absolute Gasteiger partial charge is 0.504 e. The lowest BCUT2D eigenvalue weighted by Crippen LogP contribution is -2.47. The molecule has 0 N–H and O–H groups in total. The second-order valence-electron chi connectivity index (χ2n) is 4.42. The fraction of sp³-hybridized carbons (Fsp3) is 1.00. The van der Waals surface area contributed by atoms with Gasteiger partial charge in [0, 0.05) is 25.4 Å². The van der Waals surface area contributed by atoms with Crippen LogP contribution in [0.3, 0.4) is 0 Å². The maximum Gasteiger partial charge on any atom is 0.504 e. The number of hydrogen-bond acceptors (Lipinski definition) is 3. The predicted molar refractivity (Wildman–Crippen MR) is 67.5 cm³/mol. The van der Waals surface area contributed by atoms with Gasteiger partial charge in [-0.15, -0.1) is 0 Å². The molecule has 0 spiro atoms. The van der Waals surface area contributed by atoms with E-state index in [1.807, 2.05) is 0 Å². The third kappa shape index (κ3) is 4.16. The molecule has 0 aromatic heterocycles. The molecule has 1 aliphatic rings. The highest BCUT2D eigenvalue weighted by atomic mass is 28.4. The lowest BCUT2D eigenvalue weighted by molar-refractivity contribution is 0.0574.